The van der Waals surface area contributed by atoms with Crippen LogP contribution in [0.15, 0.2) is 30.5 Å². The summed E-state index contributed by atoms with van der Waals surface area (Å²) < 4.78 is 0. The normalized spacial score (nSPS) is 10.6. The zero-order valence-corrected chi connectivity index (χ0v) is 11.8. The molecule has 0 radical (unpaired) electrons. The number of halogens is 1. The van der Waals surface area contributed by atoms with E-state index in [4.69, 9.17) is 11.6 Å². The highest BCUT2D eigenvalue weighted by atomic mass is 35.5. The third-order valence-electron chi connectivity index (χ3n) is 2.62. The lowest BCUT2D eigenvalue weighted by Gasteiger charge is -2.09. The van der Waals surface area contributed by atoms with Crippen LogP contribution in [0.4, 0.5) is 5.69 Å². The highest BCUT2D eigenvalue weighted by molar-refractivity contribution is 6.33. The highest BCUT2D eigenvalue weighted by Crippen LogP contribution is 2.19. The molecule has 104 valence electrons. The fourth-order valence-corrected chi connectivity index (χ4v) is 1.73. The molecule has 0 atom stereocenters. The minimum atomic E-state index is -0.412. The summed E-state index contributed by atoms with van der Waals surface area (Å²) in [6, 6.07) is 6.14. The summed E-state index contributed by atoms with van der Waals surface area (Å²) in [5.74, 6) is 0.382. The summed E-state index contributed by atoms with van der Waals surface area (Å²) in [5, 5.41) is 12.1. The number of aromatic nitrogens is 2. The molecule has 1 heterocycles. The first-order valence-electron chi connectivity index (χ1n) is 6.10. The van der Waals surface area contributed by atoms with Gasteiger partial charge in [-0.15, -0.1) is 0 Å². The molecule has 1 aromatic heterocycles. The van der Waals surface area contributed by atoms with Crippen LogP contribution in [-0.4, -0.2) is 21.0 Å². The number of nitrogens with one attached hydrogen (secondary N) is 1. The molecule has 0 aliphatic carbocycles. The number of hydrogen-bond acceptors (Lipinski definition) is 4. The van der Waals surface area contributed by atoms with Crippen LogP contribution >= 0.6 is 11.6 Å². The maximum Gasteiger partial charge on any atom is 0.275 e. The standard InChI is InChI=1S/C14H14ClN3O2/c1-8(2)13-16-7-11(15)12(18-13)14(20)17-9-3-5-10(19)6-4-9/h3-8,19H,1-2H3,(H,17,20). The summed E-state index contributed by atoms with van der Waals surface area (Å²) in [4.78, 5) is 20.4. The van der Waals surface area contributed by atoms with Crippen molar-refractivity contribution in [1.82, 2.24) is 9.97 Å². The largest absolute Gasteiger partial charge is 0.508 e. The molecule has 0 fully saturated rings. The van der Waals surface area contributed by atoms with Crippen LogP contribution in [0.3, 0.4) is 0 Å². The molecule has 5 nitrogen and oxygen atoms in total. The Morgan fingerprint density at radius 1 is 1.30 bits per heavy atom. The van der Waals surface area contributed by atoms with Crippen LogP contribution in [0.2, 0.25) is 5.02 Å². The van der Waals surface area contributed by atoms with Gasteiger partial charge in [0.15, 0.2) is 5.69 Å². The fraction of sp³-hybridized carbons (Fsp3) is 0.214. The Kier molecular flexibility index (Phi) is 4.20. The molecule has 2 N–H and O–H groups in total. The lowest BCUT2D eigenvalue weighted by atomic mass is 10.2. The number of nitrogens with zero attached hydrogens (tertiary/aromatic N) is 2. The van der Waals surface area contributed by atoms with Crippen molar-refractivity contribution in [2.75, 3.05) is 5.32 Å². The molecule has 1 aromatic carbocycles. The molecular weight excluding hydrogens is 278 g/mol. The Bertz CT molecular complexity index is 627. The molecule has 0 spiro atoms. The van der Waals surface area contributed by atoms with Gasteiger partial charge in [-0.05, 0) is 24.3 Å². The van der Waals surface area contributed by atoms with Crippen LogP contribution in [0, 0.1) is 0 Å². The third kappa shape index (κ3) is 3.24. The third-order valence-corrected chi connectivity index (χ3v) is 2.90. The molecule has 1 amide bonds. The zero-order valence-electron chi connectivity index (χ0n) is 11.1. The second-order valence-electron chi connectivity index (χ2n) is 4.58. The van der Waals surface area contributed by atoms with Crippen molar-refractivity contribution in [3.05, 3.63) is 47.0 Å². The number of carbonyl (C=O) groups is 1. The van der Waals surface area contributed by atoms with Gasteiger partial charge >= 0.3 is 0 Å². The monoisotopic (exact) mass is 291 g/mol. The van der Waals surface area contributed by atoms with E-state index >= 15 is 0 Å². The Labute approximate surface area is 121 Å². The summed E-state index contributed by atoms with van der Waals surface area (Å²) in [5.41, 5.74) is 0.687. The number of aromatic hydroxyl groups is 1. The quantitative estimate of drug-likeness (QED) is 0.852. The molecule has 0 saturated carbocycles. The van der Waals surface area contributed by atoms with Gasteiger partial charge in [-0.3, -0.25) is 4.79 Å². The van der Waals surface area contributed by atoms with E-state index in [9.17, 15) is 9.90 Å². The van der Waals surface area contributed by atoms with E-state index in [2.05, 4.69) is 15.3 Å². The predicted octanol–water partition coefficient (Wildman–Crippen LogP) is 3.21. The maximum absolute atomic E-state index is 12.1. The van der Waals surface area contributed by atoms with Gasteiger partial charge in [0.2, 0.25) is 0 Å². The smallest absolute Gasteiger partial charge is 0.275 e. The number of hydrogen-bond donors (Lipinski definition) is 2. The van der Waals surface area contributed by atoms with Crippen molar-refractivity contribution >= 4 is 23.2 Å². The maximum atomic E-state index is 12.1. The minimum Gasteiger partial charge on any atom is -0.508 e. The molecule has 0 aliphatic heterocycles. The molecule has 0 unspecified atom stereocenters. The molecule has 0 bridgehead atoms. The van der Waals surface area contributed by atoms with E-state index in [1.165, 1.54) is 18.3 Å². The number of benzene rings is 1. The summed E-state index contributed by atoms with van der Waals surface area (Å²) in [6.45, 7) is 3.87. The van der Waals surface area contributed by atoms with Crippen molar-refractivity contribution in [3.8, 4) is 5.75 Å². The van der Waals surface area contributed by atoms with Gasteiger partial charge in [-0.2, -0.15) is 0 Å². The summed E-state index contributed by atoms with van der Waals surface area (Å²) >= 11 is 5.96. The van der Waals surface area contributed by atoms with Crippen molar-refractivity contribution in [3.63, 3.8) is 0 Å². The molecule has 2 rings (SSSR count). The van der Waals surface area contributed by atoms with Gasteiger partial charge in [-0.25, -0.2) is 9.97 Å². The average Bonchev–Trinajstić information content (AvgIpc) is 2.41. The number of phenolic OH excluding ortho intramolecular Hbond substituents is 1. The topological polar surface area (TPSA) is 75.1 Å². The second kappa shape index (κ2) is 5.88. The van der Waals surface area contributed by atoms with Crippen LogP contribution in [0.25, 0.3) is 0 Å². The first-order valence-corrected chi connectivity index (χ1v) is 6.48. The van der Waals surface area contributed by atoms with E-state index < -0.39 is 5.91 Å². The average molecular weight is 292 g/mol. The number of rotatable bonds is 3. The van der Waals surface area contributed by atoms with E-state index in [1.807, 2.05) is 13.8 Å². The Hall–Kier alpha value is -2.14. The number of carbonyl (C=O) groups excluding carboxylic acids is 1. The van der Waals surface area contributed by atoms with Crippen LogP contribution in [0.1, 0.15) is 36.1 Å². The van der Waals surface area contributed by atoms with Gasteiger partial charge in [0.25, 0.3) is 5.91 Å². The van der Waals surface area contributed by atoms with E-state index in [0.29, 0.717) is 11.5 Å². The minimum absolute atomic E-state index is 0.104. The summed E-state index contributed by atoms with van der Waals surface area (Å²) in [7, 11) is 0. The number of phenols is 1. The molecule has 20 heavy (non-hydrogen) atoms. The van der Waals surface area contributed by atoms with Crippen LogP contribution < -0.4 is 5.32 Å². The van der Waals surface area contributed by atoms with E-state index in [1.54, 1.807) is 12.1 Å². The van der Waals surface area contributed by atoms with Crippen molar-refractivity contribution in [2.24, 2.45) is 0 Å². The molecule has 0 saturated heterocycles. The van der Waals surface area contributed by atoms with E-state index in [0.717, 1.165) is 0 Å². The lowest BCUT2D eigenvalue weighted by Crippen LogP contribution is -2.16. The molecule has 6 heteroatoms. The van der Waals surface area contributed by atoms with Crippen molar-refractivity contribution in [2.45, 2.75) is 19.8 Å². The van der Waals surface area contributed by atoms with Crippen LogP contribution in [-0.2, 0) is 0 Å². The zero-order chi connectivity index (χ0) is 14.7. The number of anilines is 1. The first kappa shape index (κ1) is 14.3. The van der Waals surface area contributed by atoms with Gasteiger partial charge < -0.3 is 10.4 Å². The number of amides is 1. The van der Waals surface area contributed by atoms with Gasteiger partial charge in [0.05, 0.1) is 11.2 Å². The Balaban J connectivity index is 2.24. The Morgan fingerprint density at radius 2 is 1.95 bits per heavy atom. The van der Waals surface area contributed by atoms with Crippen molar-refractivity contribution in [1.29, 1.82) is 0 Å². The van der Waals surface area contributed by atoms with Gasteiger partial charge in [0, 0.05) is 11.6 Å². The summed E-state index contributed by atoms with van der Waals surface area (Å²) in [6.07, 6.45) is 1.43. The fourth-order valence-electron chi connectivity index (χ4n) is 1.55. The van der Waals surface area contributed by atoms with Crippen LogP contribution in [0.5, 0.6) is 5.75 Å². The first-order chi connectivity index (χ1) is 9.47. The van der Waals surface area contributed by atoms with Crippen molar-refractivity contribution < 1.29 is 9.90 Å². The molecule has 0 aliphatic rings. The van der Waals surface area contributed by atoms with Gasteiger partial charge in [-0.1, -0.05) is 25.4 Å². The predicted molar refractivity (Wildman–Crippen MR) is 77.2 cm³/mol. The van der Waals surface area contributed by atoms with E-state index in [-0.39, 0.29) is 22.4 Å². The second-order valence-corrected chi connectivity index (χ2v) is 4.99. The molecule has 2 aromatic rings. The SMILES string of the molecule is CC(C)c1ncc(Cl)c(C(=O)Nc2ccc(O)cc2)n1. The highest BCUT2D eigenvalue weighted by Gasteiger charge is 2.15. The molecular formula is C14H14ClN3O2. The lowest BCUT2D eigenvalue weighted by molar-refractivity contribution is 0.102. The van der Waals surface area contributed by atoms with Gasteiger partial charge in [0.1, 0.15) is 11.6 Å². The Morgan fingerprint density at radius 3 is 2.55 bits per heavy atom.